The minimum atomic E-state index is -1.34. The molecular formula is C36H43N5O8S2. The molecule has 5 atom stereocenters. The number of benzene rings is 1. The van der Waals surface area contributed by atoms with Crippen LogP contribution >= 0.6 is 23.5 Å². The van der Waals surface area contributed by atoms with Crippen molar-refractivity contribution in [2.24, 2.45) is 11.7 Å². The molecule has 15 heteroatoms. The molecule has 0 spiro atoms. The van der Waals surface area contributed by atoms with Gasteiger partial charge in [0.2, 0.25) is 22.0 Å². The predicted molar refractivity (Wildman–Crippen MR) is 192 cm³/mol. The molecule has 0 radical (unpaired) electrons. The van der Waals surface area contributed by atoms with Gasteiger partial charge in [0.15, 0.2) is 17.3 Å². The minimum Gasteiger partial charge on any atom is -0.504 e. The third-order valence-electron chi connectivity index (χ3n) is 8.46. The van der Waals surface area contributed by atoms with Crippen molar-refractivity contribution < 1.29 is 39.3 Å². The highest BCUT2D eigenvalue weighted by atomic mass is 32.2. The Hall–Kier alpha value is -4.31. The molecule has 3 aromatic rings. The van der Waals surface area contributed by atoms with Crippen LogP contribution in [-0.2, 0) is 30.4 Å². The molecule has 4 heterocycles. The number of phenolic OH excluding ortho intramolecular Hbond substituents is 2. The number of nitrogens with two attached hydrogens (primary N) is 1. The van der Waals surface area contributed by atoms with Gasteiger partial charge in [0.05, 0.1) is 6.04 Å². The normalized spacial score (nSPS) is 18.7. The highest BCUT2D eigenvalue weighted by molar-refractivity contribution is 8.14. The lowest BCUT2D eigenvalue weighted by molar-refractivity contribution is -0.141. The molecular weight excluding hydrogens is 695 g/mol. The first kappa shape index (κ1) is 39.5. The Kier molecular flexibility index (Phi) is 14.5. The summed E-state index contributed by atoms with van der Waals surface area (Å²) >= 11 is 2.10. The van der Waals surface area contributed by atoms with E-state index in [9.17, 15) is 39.3 Å². The molecule has 0 bridgehead atoms. The summed E-state index contributed by atoms with van der Waals surface area (Å²) in [4.78, 5) is 73.7. The Morgan fingerprint density at radius 2 is 1.33 bits per heavy atom. The van der Waals surface area contributed by atoms with Crippen LogP contribution in [0.2, 0.25) is 0 Å². The Balaban J connectivity index is 0.000000261. The summed E-state index contributed by atoms with van der Waals surface area (Å²) in [5.74, 6) is -2.24. The second kappa shape index (κ2) is 18.8. The number of thioether (sulfide) groups is 2. The van der Waals surface area contributed by atoms with Crippen LogP contribution in [0.1, 0.15) is 51.5 Å². The number of hydrogen-bond acceptors (Lipinski definition) is 13. The number of aromatic hydroxyl groups is 2. The molecule has 1 aromatic carbocycles. The average Bonchev–Trinajstić information content (AvgIpc) is 3.81. The second-order valence-electron chi connectivity index (χ2n) is 12.5. The molecule has 2 aromatic heterocycles. The standard InChI is InChI=1S/C23H26N2O6S.C13H17N3O2S/c1-14(11-18(27)20(29)13-15-7-8-17(26)19(28)12-15)22(30)25-10-4-5-16(25)23(31)32-21-6-2-3-9-24-21;1-9(14)12(17)16-8-4-5-10(16)13(18)19-11-6-2-3-7-15-11/h2-3,6-9,12,14,16,20,26,28-29H,4-5,10-11,13H2,1H3;2-3,6-7,9-10H,4-5,8,14H2,1H3/t14-,16+,20-;9-,10-/m10/s1. The number of pyridine rings is 2. The summed E-state index contributed by atoms with van der Waals surface area (Å²) in [7, 11) is 0. The lowest BCUT2D eigenvalue weighted by atomic mass is 9.96. The molecule has 13 nitrogen and oxygen atoms in total. The lowest BCUT2D eigenvalue weighted by Crippen LogP contribution is -2.46. The van der Waals surface area contributed by atoms with Crippen LogP contribution in [0.5, 0.6) is 11.5 Å². The van der Waals surface area contributed by atoms with Crippen molar-refractivity contribution in [1.29, 1.82) is 0 Å². The number of hydrogen-bond donors (Lipinski definition) is 4. The summed E-state index contributed by atoms with van der Waals surface area (Å²) in [6.07, 6.45) is 4.53. The van der Waals surface area contributed by atoms with Crippen molar-refractivity contribution >= 4 is 51.4 Å². The third kappa shape index (κ3) is 11.1. The van der Waals surface area contributed by atoms with Crippen LogP contribution in [0, 0.1) is 5.92 Å². The maximum absolute atomic E-state index is 13.0. The number of nitrogens with zero attached hydrogens (tertiary/aromatic N) is 4. The minimum absolute atomic E-state index is 0.0369. The SMILES string of the molecule is C[C@H](CC(=O)[C@H](O)Cc1ccc(O)c(O)c1)C(=O)N1CCC[C@H]1C(=O)Sc1ccccn1.C[C@H](N)C(=O)N1CCC[C@H]1C(=O)Sc1ccccn1. The molecule has 0 aliphatic carbocycles. The van der Waals surface area contributed by atoms with Crippen LogP contribution in [0.25, 0.3) is 0 Å². The summed E-state index contributed by atoms with van der Waals surface area (Å²) in [6.45, 7) is 4.32. The van der Waals surface area contributed by atoms with Crippen LogP contribution in [0.15, 0.2) is 77.0 Å². The maximum Gasteiger partial charge on any atom is 0.239 e. The Morgan fingerprint density at radius 3 is 1.80 bits per heavy atom. The first-order chi connectivity index (χ1) is 24.3. The smallest absolute Gasteiger partial charge is 0.239 e. The van der Waals surface area contributed by atoms with E-state index in [1.165, 1.54) is 23.1 Å². The summed E-state index contributed by atoms with van der Waals surface area (Å²) < 4.78 is 0. The van der Waals surface area contributed by atoms with E-state index in [0.717, 1.165) is 29.9 Å². The molecule has 5 N–H and O–H groups in total. The van der Waals surface area contributed by atoms with Gasteiger partial charge < -0.3 is 30.9 Å². The Labute approximate surface area is 305 Å². The zero-order valence-corrected chi connectivity index (χ0v) is 30.1. The molecule has 2 aliphatic heterocycles. The number of aliphatic hydroxyl groups excluding tert-OH is 1. The van der Waals surface area contributed by atoms with Gasteiger partial charge in [-0.1, -0.05) is 25.1 Å². The van der Waals surface area contributed by atoms with Crippen LogP contribution < -0.4 is 5.73 Å². The zero-order valence-electron chi connectivity index (χ0n) is 28.5. The molecule has 2 aliphatic rings. The van der Waals surface area contributed by atoms with Crippen molar-refractivity contribution in [2.45, 2.75) is 86.7 Å². The van der Waals surface area contributed by atoms with Crippen LogP contribution in [-0.4, -0.2) is 100 Å². The first-order valence-corrected chi connectivity index (χ1v) is 18.3. The van der Waals surface area contributed by atoms with Crippen LogP contribution in [0.3, 0.4) is 0 Å². The Morgan fingerprint density at radius 1 is 0.804 bits per heavy atom. The van der Waals surface area contributed by atoms with E-state index in [2.05, 4.69) is 9.97 Å². The summed E-state index contributed by atoms with van der Waals surface area (Å²) in [5.41, 5.74) is 6.09. The highest BCUT2D eigenvalue weighted by Crippen LogP contribution is 2.29. The first-order valence-electron chi connectivity index (χ1n) is 16.7. The Bertz CT molecular complexity index is 1680. The van der Waals surface area contributed by atoms with Crippen LogP contribution in [0.4, 0.5) is 0 Å². The quantitative estimate of drug-likeness (QED) is 0.165. The van der Waals surface area contributed by atoms with Gasteiger partial charge in [-0.3, -0.25) is 24.0 Å². The van der Waals surface area contributed by atoms with Gasteiger partial charge >= 0.3 is 0 Å². The van der Waals surface area contributed by atoms with Crippen molar-refractivity contribution in [2.75, 3.05) is 13.1 Å². The van der Waals surface area contributed by atoms with E-state index in [1.54, 1.807) is 61.5 Å². The molecule has 0 saturated carbocycles. The van der Waals surface area contributed by atoms with Crippen molar-refractivity contribution in [1.82, 2.24) is 19.8 Å². The van der Waals surface area contributed by atoms with E-state index in [0.29, 0.717) is 48.0 Å². The van der Waals surface area contributed by atoms with Gasteiger partial charge in [0, 0.05) is 44.2 Å². The lowest BCUT2D eigenvalue weighted by Gasteiger charge is -2.26. The van der Waals surface area contributed by atoms with E-state index >= 15 is 0 Å². The number of aromatic nitrogens is 2. The van der Waals surface area contributed by atoms with Gasteiger partial charge in [0.25, 0.3) is 0 Å². The molecule has 272 valence electrons. The number of aliphatic hydroxyl groups is 1. The summed E-state index contributed by atoms with van der Waals surface area (Å²) in [6, 6.07) is 13.3. The van der Waals surface area contributed by atoms with Gasteiger partial charge in [-0.2, -0.15) is 0 Å². The highest BCUT2D eigenvalue weighted by Gasteiger charge is 2.38. The van der Waals surface area contributed by atoms with E-state index in [4.69, 9.17) is 5.73 Å². The number of rotatable bonds is 11. The molecule has 2 saturated heterocycles. The molecule has 51 heavy (non-hydrogen) atoms. The number of phenols is 2. The number of ketones is 1. The van der Waals surface area contributed by atoms with Crippen molar-refractivity contribution in [3.63, 3.8) is 0 Å². The van der Waals surface area contributed by atoms with E-state index in [-0.39, 0.29) is 52.4 Å². The van der Waals surface area contributed by atoms with Crippen molar-refractivity contribution in [3.8, 4) is 11.5 Å². The van der Waals surface area contributed by atoms with Gasteiger partial charge in [0.1, 0.15) is 28.2 Å². The molecule has 2 amide bonds. The number of Topliss-reactive ketones (excluding diaryl/α,β-unsaturated/α-hetero) is 1. The third-order valence-corrected chi connectivity index (χ3v) is 10.3. The second-order valence-corrected chi connectivity index (χ2v) is 14.5. The zero-order chi connectivity index (χ0) is 37.1. The molecule has 5 rings (SSSR count). The molecule has 2 fully saturated rings. The number of amides is 2. The largest absolute Gasteiger partial charge is 0.504 e. The fraction of sp³-hybridized carbons (Fsp3) is 0.417. The van der Waals surface area contributed by atoms with Gasteiger partial charge in [-0.15, -0.1) is 0 Å². The van der Waals surface area contributed by atoms with Crippen molar-refractivity contribution in [3.05, 3.63) is 72.6 Å². The van der Waals surface area contributed by atoms with Gasteiger partial charge in [-0.05, 0) is 98.1 Å². The number of carbonyl (C=O) groups is 5. The monoisotopic (exact) mass is 737 g/mol. The predicted octanol–water partition coefficient (Wildman–Crippen LogP) is 3.34. The molecule has 0 unspecified atom stereocenters. The summed E-state index contributed by atoms with van der Waals surface area (Å²) in [5, 5.41) is 30.2. The van der Waals surface area contributed by atoms with E-state index in [1.807, 2.05) is 6.07 Å². The average molecular weight is 738 g/mol. The topological polar surface area (TPSA) is 204 Å². The number of likely N-dealkylation sites (tertiary alicyclic amines) is 2. The van der Waals surface area contributed by atoms with Gasteiger partial charge in [-0.25, -0.2) is 9.97 Å². The fourth-order valence-electron chi connectivity index (χ4n) is 5.81. The maximum atomic E-state index is 13.0. The fourth-order valence-corrected chi connectivity index (χ4v) is 7.51. The number of carbonyl (C=O) groups excluding carboxylic acids is 5. The van der Waals surface area contributed by atoms with E-state index < -0.39 is 29.9 Å².